The summed E-state index contributed by atoms with van der Waals surface area (Å²) < 4.78 is 5.64. The van der Waals surface area contributed by atoms with Crippen molar-refractivity contribution in [2.45, 2.75) is 37.5 Å². The molecule has 0 aliphatic carbocycles. The number of amides is 4. The van der Waals surface area contributed by atoms with Gasteiger partial charge in [-0.25, -0.2) is 4.79 Å². The first-order valence-corrected chi connectivity index (χ1v) is 12.6. The average Bonchev–Trinajstić information content (AvgIpc) is 3.57. The maximum atomic E-state index is 13.9. The van der Waals surface area contributed by atoms with E-state index >= 15 is 0 Å². The zero-order valence-electron chi connectivity index (χ0n) is 21.0. The molecule has 2 N–H and O–H groups in total. The van der Waals surface area contributed by atoms with E-state index in [2.05, 4.69) is 10.6 Å². The highest BCUT2D eigenvalue weighted by Crippen LogP contribution is 2.37. The van der Waals surface area contributed by atoms with Crippen LogP contribution in [0.3, 0.4) is 0 Å². The van der Waals surface area contributed by atoms with Crippen LogP contribution in [0.1, 0.15) is 30.0 Å². The number of nitro benzene ring substituents is 1. The summed E-state index contributed by atoms with van der Waals surface area (Å²) in [6.45, 7) is 1.09. The summed E-state index contributed by atoms with van der Waals surface area (Å²) >= 11 is 0. The molecule has 3 atom stereocenters. The summed E-state index contributed by atoms with van der Waals surface area (Å²) in [5.41, 5.74) is 1.94. The number of urea groups is 1. The van der Waals surface area contributed by atoms with E-state index in [1.54, 1.807) is 13.1 Å². The van der Waals surface area contributed by atoms with Crippen LogP contribution in [-0.2, 0) is 20.7 Å². The smallest absolute Gasteiger partial charge is 0.322 e. The number of carbonyl (C=O) groups excluding carboxylic acids is 3. The molecule has 2 aromatic carbocycles. The Morgan fingerprint density at radius 1 is 1.21 bits per heavy atom. The Morgan fingerprint density at radius 2 is 2.00 bits per heavy atom. The number of nitrogens with one attached hydrogen (secondary N) is 2. The molecule has 0 bridgehead atoms. The number of rotatable bonds is 8. The Morgan fingerprint density at radius 3 is 2.71 bits per heavy atom. The third-order valence-corrected chi connectivity index (χ3v) is 7.28. The Labute approximate surface area is 219 Å². The molecule has 0 spiro atoms. The van der Waals surface area contributed by atoms with E-state index in [0.29, 0.717) is 30.0 Å². The molecule has 2 aromatic rings. The third kappa shape index (κ3) is 4.97. The van der Waals surface area contributed by atoms with Gasteiger partial charge >= 0.3 is 6.03 Å². The molecular formula is C27H29N5O6. The molecule has 0 saturated carbocycles. The highest BCUT2D eigenvalue weighted by molar-refractivity contribution is 6.03. The number of non-ortho nitro benzene ring substituents is 1. The SMILES string of the molecule is CN1C(=O)NC(c2cccc([N+](=O)[O-])c2)C2=C1CN(C(Cc1ccccc1)C(=O)NCC1CCCO1)C2=O. The molecule has 1 saturated heterocycles. The van der Waals surface area contributed by atoms with Gasteiger partial charge in [0, 0.05) is 38.8 Å². The van der Waals surface area contributed by atoms with E-state index in [0.717, 1.165) is 18.4 Å². The van der Waals surface area contributed by atoms with Crippen LogP contribution >= 0.6 is 0 Å². The van der Waals surface area contributed by atoms with Crippen molar-refractivity contribution in [1.29, 1.82) is 0 Å². The molecule has 0 radical (unpaired) electrons. The number of nitro groups is 1. The van der Waals surface area contributed by atoms with Gasteiger partial charge in [-0.05, 0) is 24.0 Å². The minimum absolute atomic E-state index is 0.0526. The molecule has 11 heteroatoms. The summed E-state index contributed by atoms with van der Waals surface area (Å²) in [5.74, 6) is -0.692. The Hall–Kier alpha value is -4.25. The monoisotopic (exact) mass is 519 g/mol. The second kappa shape index (κ2) is 10.6. The van der Waals surface area contributed by atoms with Crippen molar-refractivity contribution in [1.82, 2.24) is 20.4 Å². The molecule has 1 fully saturated rings. The highest BCUT2D eigenvalue weighted by atomic mass is 16.6. The van der Waals surface area contributed by atoms with Crippen LogP contribution in [-0.4, -0.2) is 71.5 Å². The summed E-state index contributed by atoms with van der Waals surface area (Å²) in [5, 5.41) is 17.1. The van der Waals surface area contributed by atoms with Crippen LogP contribution in [0.15, 0.2) is 65.9 Å². The number of ether oxygens (including phenoxy) is 1. The van der Waals surface area contributed by atoms with Crippen molar-refractivity contribution in [2.24, 2.45) is 0 Å². The van der Waals surface area contributed by atoms with Gasteiger partial charge < -0.3 is 20.3 Å². The van der Waals surface area contributed by atoms with Gasteiger partial charge in [0.25, 0.3) is 11.6 Å². The number of hydrogen-bond donors (Lipinski definition) is 2. The van der Waals surface area contributed by atoms with E-state index in [-0.39, 0.29) is 30.7 Å². The van der Waals surface area contributed by atoms with Gasteiger partial charge in [-0.2, -0.15) is 0 Å². The van der Waals surface area contributed by atoms with Gasteiger partial charge in [-0.1, -0.05) is 42.5 Å². The molecule has 3 heterocycles. The zero-order chi connectivity index (χ0) is 26.8. The standard InChI is InChI=1S/C27H29N5O6/c1-30-22-16-31(21(13-17-7-3-2-4-8-17)25(33)28-15-20-11-6-12-38-20)26(34)23(22)24(29-27(30)35)18-9-5-10-19(14-18)32(36)37/h2-5,7-10,14,20-21,24H,6,11-13,15-16H2,1H3,(H,28,33)(H,29,35). The van der Waals surface area contributed by atoms with Crippen molar-refractivity contribution in [3.63, 3.8) is 0 Å². The fourth-order valence-corrected chi connectivity index (χ4v) is 5.23. The summed E-state index contributed by atoms with van der Waals surface area (Å²) in [7, 11) is 1.56. The minimum Gasteiger partial charge on any atom is -0.376 e. The maximum absolute atomic E-state index is 13.9. The van der Waals surface area contributed by atoms with Crippen molar-refractivity contribution >= 4 is 23.5 Å². The van der Waals surface area contributed by atoms with E-state index in [4.69, 9.17) is 4.74 Å². The van der Waals surface area contributed by atoms with E-state index in [1.807, 2.05) is 30.3 Å². The number of likely N-dealkylation sites (N-methyl/N-ethyl adjacent to an activating group) is 1. The molecule has 0 aromatic heterocycles. The number of benzene rings is 2. The van der Waals surface area contributed by atoms with E-state index in [1.165, 1.54) is 28.0 Å². The predicted molar refractivity (Wildman–Crippen MR) is 137 cm³/mol. The minimum atomic E-state index is -0.876. The summed E-state index contributed by atoms with van der Waals surface area (Å²) in [6.07, 6.45) is 2.05. The normalized spacial score (nSPS) is 21.8. The second-order valence-corrected chi connectivity index (χ2v) is 9.67. The summed E-state index contributed by atoms with van der Waals surface area (Å²) in [4.78, 5) is 54.0. The topological polar surface area (TPSA) is 134 Å². The van der Waals surface area contributed by atoms with Crippen LogP contribution < -0.4 is 10.6 Å². The van der Waals surface area contributed by atoms with Gasteiger partial charge in [0.1, 0.15) is 6.04 Å². The third-order valence-electron chi connectivity index (χ3n) is 7.28. The average molecular weight is 520 g/mol. The van der Waals surface area contributed by atoms with Crippen LogP contribution in [0.25, 0.3) is 0 Å². The van der Waals surface area contributed by atoms with Crippen LogP contribution in [0.4, 0.5) is 10.5 Å². The van der Waals surface area contributed by atoms with Gasteiger partial charge in [0.2, 0.25) is 5.91 Å². The fraction of sp³-hybridized carbons (Fsp3) is 0.370. The first-order valence-electron chi connectivity index (χ1n) is 12.6. The second-order valence-electron chi connectivity index (χ2n) is 9.67. The van der Waals surface area contributed by atoms with Crippen LogP contribution in [0.2, 0.25) is 0 Å². The maximum Gasteiger partial charge on any atom is 0.322 e. The molecule has 198 valence electrons. The van der Waals surface area contributed by atoms with Crippen LogP contribution in [0.5, 0.6) is 0 Å². The number of nitrogens with zero attached hydrogens (tertiary/aromatic N) is 3. The van der Waals surface area contributed by atoms with E-state index in [9.17, 15) is 24.5 Å². The lowest BCUT2D eigenvalue weighted by Gasteiger charge is -2.31. The Balaban J connectivity index is 1.45. The van der Waals surface area contributed by atoms with Crippen LogP contribution in [0, 0.1) is 10.1 Å². The van der Waals surface area contributed by atoms with Crippen molar-refractivity contribution in [3.05, 3.63) is 87.1 Å². The zero-order valence-corrected chi connectivity index (χ0v) is 21.0. The molecule has 3 unspecified atom stereocenters. The van der Waals surface area contributed by atoms with Gasteiger partial charge in [0.15, 0.2) is 0 Å². The van der Waals surface area contributed by atoms with Gasteiger partial charge in [-0.15, -0.1) is 0 Å². The predicted octanol–water partition coefficient (Wildman–Crippen LogP) is 2.29. The van der Waals surface area contributed by atoms with E-state index < -0.39 is 28.9 Å². The molecule has 5 rings (SSSR count). The largest absolute Gasteiger partial charge is 0.376 e. The number of carbonyl (C=O) groups is 3. The molecule has 4 amide bonds. The molecule has 3 aliphatic heterocycles. The first-order chi connectivity index (χ1) is 18.3. The molecular weight excluding hydrogens is 490 g/mol. The lowest BCUT2D eigenvalue weighted by molar-refractivity contribution is -0.384. The molecule has 38 heavy (non-hydrogen) atoms. The Kier molecular flexibility index (Phi) is 7.10. The van der Waals surface area contributed by atoms with Crippen molar-refractivity contribution in [3.8, 4) is 0 Å². The van der Waals surface area contributed by atoms with Crippen molar-refractivity contribution < 1.29 is 24.0 Å². The quantitative estimate of drug-likeness (QED) is 0.406. The molecule has 3 aliphatic rings. The summed E-state index contributed by atoms with van der Waals surface area (Å²) in [6, 6.07) is 13.2. The lowest BCUT2D eigenvalue weighted by Crippen LogP contribution is -2.51. The van der Waals surface area contributed by atoms with Crippen molar-refractivity contribution in [2.75, 3.05) is 26.7 Å². The first kappa shape index (κ1) is 25.4. The fourth-order valence-electron chi connectivity index (χ4n) is 5.23. The van der Waals surface area contributed by atoms with Gasteiger partial charge in [-0.3, -0.25) is 24.6 Å². The highest BCUT2D eigenvalue weighted by Gasteiger charge is 2.46. The Bertz CT molecular complexity index is 1290. The van der Waals surface area contributed by atoms with Gasteiger partial charge in [0.05, 0.1) is 34.9 Å². The number of hydrogen-bond acceptors (Lipinski definition) is 6. The molecule has 11 nitrogen and oxygen atoms in total. The lowest BCUT2D eigenvalue weighted by atomic mass is 9.95.